The summed E-state index contributed by atoms with van der Waals surface area (Å²) in [7, 11) is -3.72. The minimum atomic E-state index is -3.72. The number of nitro groups is 1. The van der Waals surface area contributed by atoms with Gasteiger partial charge in [0.05, 0.1) is 14.7 Å². The third kappa shape index (κ3) is 3.64. The summed E-state index contributed by atoms with van der Waals surface area (Å²) < 4.78 is 28.3. The number of rotatable bonds is 7. The Labute approximate surface area is 154 Å². The molecule has 0 radical (unpaired) electrons. The predicted octanol–water partition coefficient (Wildman–Crippen LogP) is 2.31. The number of nitro benzene ring substituents is 1. The first-order valence-corrected chi connectivity index (χ1v) is 10.1. The lowest BCUT2D eigenvalue weighted by molar-refractivity contribution is -0.388. The quantitative estimate of drug-likeness (QED) is 0.402. The van der Waals surface area contributed by atoms with Crippen molar-refractivity contribution in [2.75, 3.05) is 13.1 Å². The van der Waals surface area contributed by atoms with Gasteiger partial charge in [-0.15, -0.1) is 16.8 Å². The number of aromatic nitrogens is 3. The number of hydrogen-bond acceptors (Lipinski definition) is 7. The zero-order valence-corrected chi connectivity index (χ0v) is 15.4. The summed E-state index contributed by atoms with van der Waals surface area (Å²) in [5, 5.41) is 19.7. The maximum Gasteiger partial charge on any atom is 0.284 e. The highest BCUT2D eigenvalue weighted by molar-refractivity contribution is 7.99. The summed E-state index contributed by atoms with van der Waals surface area (Å²) in [4.78, 5) is 11.1. The molecule has 1 fully saturated rings. The van der Waals surface area contributed by atoms with Gasteiger partial charge in [0.1, 0.15) is 6.33 Å². The van der Waals surface area contributed by atoms with Gasteiger partial charge in [-0.25, -0.2) is 8.42 Å². The van der Waals surface area contributed by atoms with E-state index in [4.69, 9.17) is 0 Å². The van der Waals surface area contributed by atoms with Gasteiger partial charge in [0.25, 0.3) is 5.69 Å². The normalized spacial score (nSPS) is 15.2. The van der Waals surface area contributed by atoms with Crippen molar-refractivity contribution in [1.29, 1.82) is 0 Å². The van der Waals surface area contributed by atoms with Crippen LogP contribution in [0.2, 0.25) is 0 Å². The van der Waals surface area contributed by atoms with Crippen LogP contribution in [0, 0.1) is 10.1 Å². The second-order valence-corrected chi connectivity index (χ2v) is 8.60. The minimum Gasteiger partial charge on any atom is -0.304 e. The Bertz CT molecular complexity index is 935. The summed E-state index contributed by atoms with van der Waals surface area (Å²) in [5.41, 5.74) is -0.275. The molecule has 11 heteroatoms. The van der Waals surface area contributed by atoms with Crippen molar-refractivity contribution in [2.24, 2.45) is 0 Å². The molecule has 3 rings (SSSR count). The average Bonchev–Trinajstić information content (AvgIpc) is 3.28. The van der Waals surface area contributed by atoms with Crippen molar-refractivity contribution in [1.82, 2.24) is 19.1 Å². The molecule has 0 N–H and O–H groups in total. The topological polar surface area (TPSA) is 111 Å². The molecule has 1 aliphatic rings. The molecule has 0 atom stereocenters. The molecule has 1 aliphatic heterocycles. The van der Waals surface area contributed by atoms with Crippen LogP contribution in [0.1, 0.15) is 12.8 Å². The van der Waals surface area contributed by atoms with Crippen LogP contribution < -0.4 is 0 Å². The van der Waals surface area contributed by atoms with Crippen LogP contribution in [0.4, 0.5) is 5.69 Å². The van der Waals surface area contributed by atoms with Crippen LogP contribution in [0.25, 0.3) is 0 Å². The largest absolute Gasteiger partial charge is 0.304 e. The van der Waals surface area contributed by atoms with E-state index in [2.05, 4.69) is 16.8 Å². The molecule has 0 saturated carbocycles. The molecule has 0 unspecified atom stereocenters. The molecule has 9 nitrogen and oxygen atoms in total. The Morgan fingerprint density at radius 3 is 2.73 bits per heavy atom. The number of allylic oxidation sites excluding steroid dienone is 1. The fourth-order valence-corrected chi connectivity index (χ4v) is 5.09. The molecule has 1 aromatic heterocycles. The van der Waals surface area contributed by atoms with E-state index in [1.54, 1.807) is 10.6 Å². The highest BCUT2D eigenvalue weighted by atomic mass is 32.2. The van der Waals surface area contributed by atoms with E-state index < -0.39 is 14.9 Å². The zero-order valence-electron chi connectivity index (χ0n) is 13.8. The van der Waals surface area contributed by atoms with Gasteiger partial charge in [0.15, 0.2) is 5.16 Å². The molecule has 1 saturated heterocycles. The lowest BCUT2D eigenvalue weighted by Crippen LogP contribution is -2.27. The second-order valence-electron chi connectivity index (χ2n) is 5.65. The van der Waals surface area contributed by atoms with Gasteiger partial charge < -0.3 is 4.57 Å². The zero-order chi connectivity index (χ0) is 18.7. The highest BCUT2D eigenvalue weighted by Crippen LogP contribution is 2.36. The number of hydrogen-bond donors (Lipinski definition) is 0. The van der Waals surface area contributed by atoms with Crippen molar-refractivity contribution in [3.05, 3.63) is 47.3 Å². The second kappa shape index (κ2) is 7.56. The third-order valence-electron chi connectivity index (χ3n) is 3.94. The minimum absolute atomic E-state index is 0.0667. The standard InChI is InChI=1S/C15H17N5O4S2/c1-2-7-18-11-16-17-15(18)25-14-6-5-12(10-13(14)20(21)22)26(23,24)19-8-3-4-9-19/h2,5-6,10-11H,1,3-4,7-9H2. The van der Waals surface area contributed by atoms with E-state index in [-0.39, 0.29) is 10.6 Å². The van der Waals surface area contributed by atoms with Crippen LogP contribution in [-0.4, -0.2) is 45.5 Å². The Morgan fingerprint density at radius 2 is 2.08 bits per heavy atom. The van der Waals surface area contributed by atoms with Gasteiger partial charge >= 0.3 is 0 Å². The first-order valence-electron chi connectivity index (χ1n) is 7.88. The fraction of sp³-hybridized carbons (Fsp3) is 0.333. The summed E-state index contributed by atoms with van der Waals surface area (Å²) in [6.45, 7) is 4.99. The van der Waals surface area contributed by atoms with Gasteiger partial charge in [-0.05, 0) is 36.7 Å². The van der Waals surface area contributed by atoms with Crippen LogP contribution in [0.5, 0.6) is 0 Å². The predicted molar refractivity (Wildman–Crippen MR) is 95.4 cm³/mol. The summed E-state index contributed by atoms with van der Waals surface area (Å²) in [5.74, 6) is 0. The van der Waals surface area contributed by atoms with E-state index in [1.165, 1.54) is 22.8 Å². The molecule has 138 valence electrons. The molecule has 2 aromatic rings. The summed E-state index contributed by atoms with van der Waals surface area (Å²) in [6.07, 6.45) is 4.76. The number of sulfonamides is 1. The van der Waals surface area contributed by atoms with Gasteiger partial charge in [-0.3, -0.25) is 10.1 Å². The van der Waals surface area contributed by atoms with E-state index in [1.807, 2.05) is 0 Å². The van der Waals surface area contributed by atoms with Crippen molar-refractivity contribution in [3.8, 4) is 0 Å². The SMILES string of the molecule is C=CCn1cnnc1Sc1ccc(S(=O)(=O)N2CCCC2)cc1[N+](=O)[O-]. The Hall–Kier alpha value is -2.24. The molecular formula is C15H17N5O4S2. The highest BCUT2D eigenvalue weighted by Gasteiger charge is 2.29. The van der Waals surface area contributed by atoms with Crippen molar-refractivity contribution in [2.45, 2.75) is 34.3 Å². The Balaban J connectivity index is 1.96. The monoisotopic (exact) mass is 395 g/mol. The molecule has 2 heterocycles. The van der Waals surface area contributed by atoms with Crippen molar-refractivity contribution >= 4 is 27.5 Å². The first-order chi connectivity index (χ1) is 12.4. The van der Waals surface area contributed by atoms with Crippen LogP contribution >= 0.6 is 11.8 Å². The van der Waals surface area contributed by atoms with E-state index >= 15 is 0 Å². The molecule has 1 aromatic carbocycles. The molecule has 0 bridgehead atoms. The smallest absolute Gasteiger partial charge is 0.284 e. The Morgan fingerprint density at radius 1 is 1.35 bits per heavy atom. The summed E-state index contributed by atoms with van der Waals surface area (Å²) in [6, 6.07) is 3.96. The van der Waals surface area contributed by atoms with Gasteiger partial charge in [0.2, 0.25) is 10.0 Å². The molecule has 0 aliphatic carbocycles. The van der Waals surface area contributed by atoms with Gasteiger partial charge in [0, 0.05) is 25.7 Å². The lowest BCUT2D eigenvalue weighted by atomic mass is 10.3. The Kier molecular flexibility index (Phi) is 5.39. The molecule has 0 amide bonds. The lowest BCUT2D eigenvalue weighted by Gasteiger charge is -2.15. The van der Waals surface area contributed by atoms with Gasteiger partial charge in [-0.1, -0.05) is 6.08 Å². The van der Waals surface area contributed by atoms with Crippen molar-refractivity contribution in [3.63, 3.8) is 0 Å². The van der Waals surface area contributed by atoms with Crippen LogP contribution in [-0.2, 0) is 16.6 Å². The maximum atomic E-state index is 12.6. The molecule has 0 spiro atoms. The van der Waals surface area contributed by atoms with E-state index in [0.29, 0.717) is 29.7 Å². The van der Waals surface area contributed by atoms with E-state index in [9.17, 15) is 18.5 Å². The first kappa shape index (κ1) is 18.5. The van der Waals surface area contributed by atoms with Crippen LogP contribution in [0.3, 0.4) is 0 Å². The fourth-order valence-electron chi connectivity index (χ4n) is 2.65. The van der Waals surface area contributed by atoms with Crippen molar-refractivity contribution < 1.29 is 13.3 Å². The molecular weight excluding hydrogens is 378 g/mol. The molecule has 26 heavy (non-hydrogen) atoms. The van der Waals surface area contributed by atoms with Crippen LogP contribution in [0.15, 0.2) is 52.1 Å². The van der Waals surface area contributed by atoms with Gasteiger partial charge in [-0.2, -0.15) is 4.31 Å². The number of nitrogens with zero attached hydrogens (tertiary/aromatic N) is 5. The maximum absolute atomic E-state index is 12.6. The summed E-state index contributed by atoms with van der Waals surface area (Å²) >= 11 is 1.06. The third-order valence-corrected chi connectivity index (χ3v) is 6.90. The average molecular weight is 395 g/mol. The van der Waals surface area contributed by atoms with E-state index in [0.717, 1.165) is 30.7 Å². The number of benzene rings is 1.